The standard InChI is InChI=1S/C11H24O3Si.C2H4O2.Al.2H/c1-5-8-11(12-2)9-6-7-10-15(11,13-3)14-4;1-2(3)4;;;/h5-10H2,1-4H3;1H3,(H,3,4);;;/q;;+1;;/p-1. The molecule has 0 saturated carbocycles. The zero-order chi connectivity index (χ0) is 15.6. The number of methoxy groups -OCH3 is 1. The van der Waals surface area contributed by atoms with Gasteiger partial charge in [0.15, 0.2) is 0 Å². The molecule has 0 N–H and O–H groups in total. The third kappa shape index (κ3) is 4.83. The summed E-state index contributed by atoms with van der Waals surface area (Å²) in [6.07, 6.45) is 5.70. The van der Waals surface area contributed by atoms with Gasteiger partial charge in [0.1, 0.15) is 5.22 Å². The van der Waals surface area contributed by atoms with Gasteiger partial charge in [-0.05, 0) is 18.9 Å². The minimum absolute atomic E-state index is 0.122. The Balaban J connectivity index is 0.000000621. The van der Waals surface area contributed by atoms with Crippen LogP contribution in [0.2, 0.25) is 6.04 Å². The summed E-state index contributed by atoms with van der Waals surface area (Å²) in [5.74, 6) is -0.184. The molecule has 1 atom stereocenters. The van der Waals surface area contributed by atoms with Crippen LogP contribution in [0, 0.1) is 0 Å². The van der Waals surface area contributed by atoms with E-state index in [0.29, 0.717) is 16.6 Å². The van der Waals surface area contributed by atoms with Crippen LogP contribution in [0.25, 0.3) is 0 Å². The second-order valence-electron chi connectivity index (χ2n) is 5.01. The van der Waals surface area contributed by atoms with Crippen molar-refractivity contribution in [1.82, 2.24) is 0 Å². The number of carbonyl (C=O) groups is 1. The quantitative estimate of drug-likeness (QED) is 0.722. The highest BCUT2D eigenvalue weighted by Crippen LogP contribution is 2.42. The van der Waals surface area contributed by atoms with Crippen molar-refractivity contribution in [2.75, 3.05) is 21.3 Å². The molecule has 7 heteroatoms. The van der Waals surface area contributed by atoms with Gasteiger partial charge in [0, 0.05) is 28.3 Å². The summed E-state index contributed by atoms with van der Waals surface area (Å²) in [6, 6.07) is 1.06. The monoisotopic (exact) mass is 320 g/mol. The summed E-state index contributed by atoms with van der Waals surface area (Å²) in [5.41, 5.74) is 0. The first-order valence-electron chi connectivity index (χ1n) is 7.17. The molecule has 0 aromatic rings. The minimum atomic E-state index is -2.15. The van der Waals surface area contributed by atoms with Crippen molar-refractivity contribution < 1.29 is 22.2 Å². The van der Waals surface area contributed by atoms with Crippen LogP contribution < -0.4 is 0 Å². The van der Waals surface area contributed by atoms with Gasteiger partial charge in [-0.3, -0.25) is 4.79 Å². The van der Waals surface area contributed by atoms with Gasteiger partial charge in [-0.1, -0.05) is 26.2 Å². The molecule has 5 nitrogen and oxygen atoms in total. The number of carbonyl (C=O) groups excluding carboxylic acids is 1. The lowest BCUT2D eigenvalue weighted by Gasteiger charge is -2.47. The molecule has 0 spiro atoms. The van der Waals surface area contributed by atoms with Crippen molar-refractivity contribution in [3.05, 3.63) is 0 Å². The van der Waals surface area contributed by atoms with E-state index in [4.69, 9.17) is 13.6 Å². The molecule has 1 aliphatic rings. The lowest BCUT2D eigenvalue weighted by Crippen LogP contribution is -2.64. The van der Waals surface area contributed by atoms with Crippen LogP contribution in [0.3, 0.4) is 0 Å². The molecule has 0 aliphatic carbocycles. The Kier molecular flexibility index (Phi) is 9.98. The van der Waals surface area contributed by atoms with Gasteiger partial charge < -0.3 is 17.4 Å². The second-order valence-corrected chi connectivity index (χ2v) is 9.15. The number of ether oxygens (including phenoxy) is 1. The lowest BCUT2D eigenvalue weighted by atomic mass is 10.1. The molecule has 20 heavy (non-hydrogen) atoms. The zero-order valence-corrected chi connectivity index (χ0v) is 16.8. The van der Waals surface area contributed by atoms with Crippen molar-refractivity contribution in [2.45, 2.75) is 57.2 Å². The highest BCUT2D eigenvalue weighted by molar-refractivity contribution is 6.70. The van der Waals surface area contributed by atoms with Gasteiger partial charge in [0.25, 0.3) is 5.97 Å². The summed E-state index contributed by atoms with van der Waals surface area (Å²) >= 11 is 0.524. The van der Waals surface area contributed by atoms with E-state index in [-0.39, 0.29) is 11.2 Å². The van der Waals surface area contributed by atoms with E-state index < -0.39 is 8.56 Å². The topological polar surface area (TPSA) is 54.0 Å². The molecule has 118 valence electrons. The summed E-state index contributed by atoms with van der Waals surface area (Å²) in [6.45, 7) is 3.59. The molecular weight excluding hydrogens is 291 g/mol. The van der Waals surface area contributed by atoms with E-state index >= 15 is 0 Å². The molecule has 0 amide bonds. The van der Waals surface area contributed by atoms with E-state index in [1.807, 2.05) is 0 Å². The molecule has 1 unspecified atom stereocenters. The van der Waals surface area contributed by atoms with Crippen LogP contribution in [0.15, 0.2) is 0 Å². The van der Waals surface area contributed by atoms with E-state index in [2.05, 4.69) is 10.7 Å². The van der Waals surface area contributed by atoms with Crippen molar-refractivity contribution in [2.24, 2.45) is 0 Å². The number of rotatable bonds is 5. The Hall–Kier alpha value is 0.0994. The molecule has 1 heterocycles. The van der Waals surface area contributed by atoms with Crippen LogP contribution >= 0.6 is 0 Å². The minimum Gasteiger partial charge on any atom is -0.622 e. The Bertz CT molecular complexity index is 282. The third-order valence-corrected chi connectivity index (χ3v) is 9.02. The molecule has 1 aliphatic heterocycles. The maximum absolute atomic E-state index is 9.62. The van der Waals surface area contributed by atoms with E-state index in [0.717, 1.165) is 25.3 Å². The van der Waals surface area contributed by atoms with Gasteiger partial charge in [-0.15, -0.1) is 0 Å². The van der Waals surface area contributed by atoms with Crippen LogP contribution in [0.4, 0.5) is 0 Å². The fraction of sp³-hybridized carbons (Fsp3) is 0.923. The first kappa shape index (κ1) is 20.1. The smallest absolute Gasteiger partial charge is 0.499 e. The van der Waals surface area contributed by atoms with Crippen LogP contribution in [-0.4, -0.2) is 57.7 Å². The maximum Gasteiger partial charge on any atom is 0.499 e. The summed E-state index contributed by atoms with van der Waals surface area (Å²) < 4.78 is 21.6. The largest absolute Gasteiger partial charge is 0.622 e. The summed E-state index contributed by atoms with van der Waals surface area (Å²) in [7, 11) is 3.22. The molecule has 0 radical (unpaired) electrons. The fourth-order valence-electron chi connectivity index (χ4n) is 2.92. The van der Waals surface area contributed by atoms with Crippen LogP contribution in [0.1, 0.15) is 46.0 Å². The first-order chi connectivity index (χ1) is 9.47. The predicted molar refractivity (Wildman–Crippen MR) is 83.4 cm³/mol. The van der Waals surface area contributed by atoms with Gasteiger partial charge in [-0.25, -0.2) is 0 Å². The summed E-state index contributed by atoms with van der Waals surface area (Å²) in [5, 5.41) is -0.122. The van der Waals surface area contributed by atoms with Crippen molar-refractivity contribution in [1.29, 1.82) is 0 Å². The van der Waals surface area contributed by atoms with Gasteiger partial charge >= 0.3 is 25.2 Å². The zero-order valence-electron chi connectivity index (χ0n) is 13.8. The Morgan fingerprint density at radius 1 is 1.25 bits per heavy atom. The second kappa shape index (κ2) is 9.93. The molecule has 1 fully saturated rings. The molecule has 1 saturated heterocycles. The Morgan fingerprint density at radius 3 is 2.15 bits per heavy atom. The van der Waals surface area contributed by atoms with Gasteiger partial charge in [0.2, 0.25) is 0 Å². The lowest BCUT2D eigenvalue weighted by molar-refractivity contribution is -0.131. The first-order valence-corrected chi connectivity index (χ1v) is 10.0. The van der Waals surface area contributed by atoms with E-state index in [9.17, 15) is 4.79 Å². The van der Waals surface area contributed by atoms with E-state index in [1.165, 1.54) is 19.8 Å². The van der Waals surface area contributed by atoms with E-state index in [1.54, 1.807) is 21.3 Å². The van der Waals surface area contributed by atoms with Crippen LogP contribution in [0.5, 0.6) is 0 Å². The van der Waals surface area contributed by atoms with Crippen LogP contribution in [-0.2, 0) is 22.2 Å². The van der Waals surface area contributed by atoms with Crippen molar-refractivity contribution >= 4 is 31.2 Å². The predicted octanol–water partition coefficient (Wildman–Crippen LogP) is 1.73. The molecule has 1 rings (SSSR count). The highest BCUT2D eigenvalue weighted by Gasteiger charge is 2.58. The average molecular weight is 320 g/mol. The van der Waals surface area contributed by atoms with Crippen molar-refractivity contribution in [3.8, 4) is 0 Å². The van der Waals surface area contributed by atoms with Gasteiger partial charge in [-0.2, -0.15) is 0 Å². The SMILES string of the molecule is CC(=O)[O][AlH2].CCCC1(OC)CCCC[Si]1(OC)OC. The maximum atomic E-state index is 9.62. The third-order valence-electron chi connectivity index (χ3n) is 4.02. The fourth-order valence-corrected chi connectivity index (χ4v) is 6.91. The Morgan fingerprint density at radius 2 is 1.80 bits per heavy atom. The average Bonchev–Trinajstić information content (AvgIpc) is 2.48. The summed E-state index contributed by atoms with van der Waals surface area (Å²) in [4.78, 5) is 9.62. The van der Waals surface area contributed by atoms with Gasteiger partial charge in [0.05, 0.1) is 0 Å². The molecule has 0 aromatic carbocycles. The molecular formula is C13H29AlO5Si. The van der Waals surface area contributed by atoms with Crippen molar-refractivity contribution in [3.63, 3.8) is 0 Å². The highest BCUT2D eigenvalue weighted by atomic mass is 28.4. The number of hydrogen-bond donors (Lipinski definition) is 0. The Labute approximate surface area is 132 Å². The molecule has 0 aromatic heterocycles. The molecule has 0 bridgehead atoms. The normalized spacial score (nSPS) is 24.4. The number of hydrogen-bond acceptors (Lipinski definition) is 5.